The summed E-state index contributed by atoms with van der Waals surface area (Å²) in [5, 5.41) is 0. The summed E-state index contributed by atoms with van der Waals surface area (Å²) in [7, 11) is 1.53. The summed E-state index contributed by atoms with van der Waals surface area (Å²) in [6.07, 6.45) is 0.0884. The molecule has 0 atom stereocenters. The first-order valence-electron chi connectivity index (χ1n) is 8.00. The summed E-state index contributed by atoms with van der Waals surface area (Å²) in [6, 6.07) is 10.6. The van der Waals surface area contributed by atoms with Crippen LogP contribution in [0.2, 0.25) is 0 Å². The maximum Gasteiger partial charge on any atom is 0.315 e. The molecule has 0 saturated carbocycles. The molecule has 0 amide bonds. The molecule has 2 aromatic carbocycles. The monoisotopic (exact) mass is 408 g/mol. The Hall–Kier alpha value is -2.21. The number of carbonyl (C=O) groups excluding carboxylic acids is 1. The molecular formula is C19H21BrO5. The van der Waals surface area contributed by atoms with Gasteiger partial charge in [0.15, 0.2) is 23.0 Å². The molecule has 134 valence electrons. The molecule has 0 aliphatic heterocycles. The van der Waals surface area contributed by atoms with Crippen molar-refractivity contribution >= 4 is 21.9 Å². The lowest BCUT2D eigenvalue weighted by Crippen LogP contribution is -2.12. The van der Waals surface area contributed by atoms with Crippen LogP contribution < -0.4 is 18.9 Å². The molecule has 0 aliphatic carbocycles. The number of hydrogen-bond acceptors (Lipinski definition) is 5. The maximum absolute atomic E-state index is 12.3. The van der Waals surface area contributed by atoms with Crippen LogP contribution >= 0.6 is 15.9 Å². The lowest BCUT2D eigenvalue weighted by molar-refractivity contribution is -0.133. The number of ether oxygens (including phenoxy) is 4. The van der Waals surface area contributed by atoms with Crippen LogP contribution in [0.3, 0.4) is 0 Å². The Labute approximate surface area is 156 Å². The van der Waals surface area contributed by atoms with Crippen LogP contribution in [0.5, 0.6) is 23.0 Å². The quantitative estimate of drug-likeness (QED) is 0.478. The summed E-state index contributed by atoms with van der Waals surface area (Å²) in [5.74, 6) is 1.75. The molecule has 25 heavy (non-hydrogen) atoms. The fourth-order valence-electron chi connectivity index (χ4n) is 2.27. The minimum Gasteiger partial charge on any atom is -0.493 e. The fraction of sp³-hybridized carbons (Fsp3) is 0.316. The maximum atomic E-state index is 12.3. The van der Waals surface area contributed by atoms with Crippen molar-refractivity contribution in [2.75, 3.05) is 20.3 Å². The van der Waals surface area contributed by atoms with Gasteiger partial charge in [0, 0.05) is 4.47 Å². The van der Waals surface area contributed by atoms with Crippen molar-refractivity contribution in [3.63, 3.8) is 0 Å². The molecule has 0 unspecified atom stereocenters. The van der Waals surface area contributed by atoms with Gasteiger partial charge in [0.1, 0.15) is 0 Å². The third-order valence-electron chi connectivity index (χ3n) is 3.34. The third-order valence-corrected chi connectivity index (χ3v) is 4.08. The van der Waals surface area contributed by atoms with E-state index in [1.54, 1.807) is 30.3 Å². The van der Waals surface area contributed by atoms with Crippen molar-refractivity contribution in [2.24, 2.45) is 0 Å². The van der Waals surface area contributed by atoms with Gasteiger partial charge >= 0.3 is 5.97 Å². The highest BCUT2D eigenvalue weighted by molar-refractivity contribution is 9.10. The predicted molar refractivity (Wildman–Crippen MR) is 98.8 cm³/mol. The number of benzene rings is 2. The van der Waals surface area contributed by atoms with E-state index in [-0.39, 0.29) is 6.42 Å². The van der Waals surface area contributed by atoms with Crippen LogP contribution in [0.25, 0.3) is 0 Å². The molecule has 2 rings (SSSR count). The first-order valence-corrected chi connectivity index (χ1v) is 8.80. The summed E-state index contributed by atoms with van der Waals surface area (Å²) in [4.78, 5) is 12.3. The van der Waals surface area contributed by atoms with E-state index in [0.29, 0.717) is 36.2 Å². The molecule has 0 aromatic heterocycles. The molecular weight excluding hydrogens is 388 g/mol. The van der Waals surface area contributed by atoms with Crippen molar-refractivity contribution in [2.45, 2.75) is 20.3 Å². The fourth-order valence-corrected chi connectivity index (χ4v) is 2.73. The first-order chi connectivity index (χ1) is 12.1. The highest BCUT2D eigenvalue weighted by atomic mass is 79.9. The van der Waals surface area contributed by atoms with E-state index >= 15 is 0 Å². The van der Waals surface area contributed by atoms with Crippen LogP contribution in [0.1, 0.15) is 19.4 Å². The van der Waals surface area contributed by atoms with Crippen LogP contribution in [0, 0.1) is 0 Å². The largest absolute Gasteiger partial charge is 0.493 e. The van der Waals surface area contributed by atoms with Gasteiger partial charge in [-0.3, -0.25) is 4.79 Å². The normalized spacial score (nSPS) is 10.2. The average Bonchev–Trinajstić information content (AvgIpc) is 2.59. The number of esters is 1. The summed E-state index contributed by atoms with van der Waals surface area (Å²) < 4.78 is 22.5. The van der Waals surface area contributed by atoms with E-state index in [2.05, 4.69) is 15.9 Å². The zero-order valence-electron chi connectivity index (χ0n) is 14.5. The lowest BCUT2D eigenvalue weighted by atomic mass is 10.1. The molecule has 0 heterocycles. The van der Waals surface area contributed by atoms with E-state index in [1.807, 2.05) is 19.9 Å². The Bertz CT molecular complexity index is 730. The van der Waals surface area contributed by atoms with E-state index < -0.39 is 5.97 Å². The van der Waals surface area contributed by atoms with Crippen LogP contribution in [0.15, 0.2) is 40.9 Å². The van der Waals surface area contributed by atoms with Crippen molar-refractivity contribution in [1.82, 2.24) is 0 Å². The number of hydrogen-bond donors (Lipinski definition) is 0. The van der Waals surface area contributed by atoms with Gasteiger partial charge in [-0.05, 0) is 43.7 Å². The lowest BCUT2D eigenvalue weighted by Gasteiger charge is -2.14. The first kappa shape index (κ1) is 19.1. The number of carbonyl (C=O) groups is 1. The molecule has 6 heteroatoms. The van der Waals surface area contributed by atoms with Gasteiger partial charge in [-0.2, -0.15) is 0 Å². The number of para-hydroxylation sites is 2. The summed E-state index contributed by atoms with van der Waals surface area (Å²) >= 11 is 3.48. The predicted octanol–water partition coefficient (Wildman–Crippen LogP) is 4.40. The molecule has 0 N–H and O–H groups in total. The summed E-state index contributed by atoms with van der Waals surface area (Å²) in [5.41, 5.74) is 0.756. The molecule has 0 bridgehead atoms. The van der Waals surface area contributed by atoms with Crippen molar-refractivity contribution in [1.29, 1.82) is 0 Å². The Morgan fingerprint density at radius 1 is 0.960 bits per heavy atom. The van der Waals surface area contributed by atoms with Gasteiger partial charge in [0.25, 0.3) is 0 Å². The highest BCUT2D eigenvalue weighted by Crippen LogP contribution is 2.34. The second kappa shape index (κ2) is 9.32. The molecule has 0 spiro atoms. The minimum atomic E-state index is -0.392. The smallest absolute Gasteiger partial charge is 0.315 e. The molecule has 0 saturated heterocycles. The zero-order chi connectivity index (χ0) is 18.2. The molecule has 0 fully saturated rings. The molecule has 0 aliphatic rings. The Morgan fingerprint density at radius 3 is 2.16 bits per heavy atom. The third kappa shape index (κ3) is 5.13. The minimum absolute atomic E-state index is 0.0884. The number of halogens is 1. The van der Waals surface area contributed by atoms with Gasteiger partial charge in [-0.15, -0.1) is 0 Å². The SMILES string of the molecule is CCOc1cc(Br)c(CC(=O)Oc2ccccc2OC)cc1OCC. The van der Waals surface area contributed by atoms with Gasteiger partial charge in [-0.1, -0.05) is 28.1 Å². The van der Waals surface area contributed by atoms with E-state index in [9.17, 15) is 4.79 Å². The summed E-state index contributed by atoms with van der Waals surface area (Å²) in [6.45, 7) is 4.84. The number of rotatable bonds is 8. The molecule has 2 aromatic rings. The Kier molecular flexibility index (Phi) is 7.13. The molecule has 5 nitrogen and oxygen atoms in total. The van der Waals surface area contributed by atoms with Crippen molar-refractivity contribution in [3.8, 4) is 23.0 Å². The highest BCUT2D eigenvalue weighted by Gasteiger charge is 2.16. The van der Waals surface area contributed by atoms with Crippen molar-refractivity contribution < 1.29 is 23.7 Å². The second-order valence-corrected chi connectivity index (χ2v) is 5.91. The van der Waals surface area contributed by atoms with Gasteiger partial charge < -0.3 is 18.9 Å². The molecule has 0 radical (unpaired) electrons. The van der Waals surface area contributed by atoms with E-state index in [1.165, 1.54) is 7.11 Å². The van der Waals surface area contributed by atoms with Crippen LogP contribution in [0.4, 0.5) is 0 Å². The van der Waals surface area contributed by atoms with Crippen LogP contribution in [-0.4, -0.2) is 26.3 Å². The standard InChI is InChI=1S/C19H21BrO5/c1-4-23-17-10-13(14(20)12-18(17)24-5-2)11-19(21)25-16-9-7-6-8-15(16)22-3/h6-10,12H,4-5,11H2,1-3H3. The van der Waals surface area contributed by atoms with Gasteiger partial charge in [0.2, 0.25) is 0 Å². The van der Waals surface area contributed by atoms with Crippen molar-refractivity contribution in [3.05, 3.63) is 46.4 Å². The van der Waals surface area contributed by atoms with Gasteiger partial charge in [0.05, 0.1) is 26.7 Å². The topological polar surface area (TPSA) is 54.0 Å². The van der Waals surface area contributed by atoms with E-state index in [4.69, 9.17) is 18.9 Å². The Balaban J connectivity index is 2.18. The van der Waals surface area contributed by atoms with Gasteiger partial charge in [-0.25, -0.2) is 0 Å². The average molecular weight is 409 g/mol. The van der Waals surface area contributed by atoms with E-state index in [0.717, 1.165) is 10.0 Å². The second-order valence-electron chi connectivity index (χ2n) is 5.06. The number of methoxy groups -OCH3 is 1. The van der Waals surface area contributed by atoms with Crippen LogP contribution in [-0.2, 0) is 11.2 Å². The Morgan fingerprint density at radius 2 is 1.56 bits per heavy atom. The zero-order valence-corrected chi connectivity index (χ0v) is 16.1.